The van der Waals surface area contributed by atoms with Crippen LogP contribution in [0.15, 0.2) is 6.33 Å². The van der Waals surface area contributed by atoms with Crippen molar-refractivity contribution in [1.82, 2.24) is 29.7 Å². The number of carbonyl (C=O) groups excluding carboxylic acids is 2. The quantitative estimate of drug-likeness (QED) is 0.612. The summed E-state index contributed by atoms with van der Waals surface area (Å²) in [5, 5.41) is 3.02. The first-order valence-electron chi connectivity index (χ1n) is 12.9. The van der Waals surface area contributed by atoms with Gasteiger partial charge in [0, 0.05) is 25.6 Å². The zero-order valence-corrected chi connectivity index (χ0v) is 19.9. The van der Waals surface area contributed by atoms with E-state index in [4.69, 9.17) is 20.2 Å². The number of hydrogen-bond donors (Lipinski definition) is 2. The molecule has 0 spiro atoms. The molecule has 0 radical (unpaired) electrons. The normalized spacial score (nSPS) is 25.2. The number of fused-ring (bicyclic) bond motifs is 1. The zero-order chi connectivity index (χ0) is 23.9. The molecule has 2 saturated carbocycles. The maximum Gasteiger partial charge on any atom is 0.410 e. The first kappa shape index (κ1) is 22.5. The molecule has 2 aromatic rings. The van der Waals surface area contributed by atoms with Crippen molar-refractivity contribution in [3.63, 3.8) is 0 Å². The van der Waals surface area contributed by atoms with Crippen LogP contribution in [-0.4, -0.2) is 67.8 Å². The fourth-order valence-electron chi connectivity index (χ4n) is 4.99. The van der Waals surface area contributed by atoms with E-state index in [2.05, 4.69) is 15.3 Å². The Morgan fingerprint density at radius 3 is 2.63 bits per heavy atom. The van der Waals surface area contributed by atoms with Gasteiger partial charge < -0.3 is 25.4 Å². The van der Waals surface area contributed by atoms with E-state index < -0.39 is 6.10 Å². The highest BCUT2D eigenvalue weighted by atomic mass is 16.6. The number of hydrogen-bond acceptors (Lipinski definition) is 8. The largest absolute Gasteiger partial charge is 0.446 e. The molecule has 2 aliphatic heterocycles. The van der Waals surface area contributed by atoms with Crippen LogP contribution in [-0.2, 0) is 20.7 Å². The molecule has 4 fully saturated rings. The summed E-state index contributed by atoms with van der Waals surface area (Å²) in [6.45, 7) is 1.47. The van der Waals surface area contributed by atoms with Crippen molar-refractivity contribution >= 4 is 29.0 Å². The molecule has 0 bridgehead atoms. The molecule has 2 aromatic heterocycles. The van der Waals surface area contributed by atoms with Crippen LogP contribution in [0, 0.1) is 5.92 Å². The number of aryl methyl sites for hydroxylation is 1. The number of rotatable bonds is 7. The van der Waals surface area contributed by atoms with Crippen LogP contribution in [0.2, 0.25) is 0 Å². The second-order valence-electron chi connectivity index (χ2n) is 10.3. The van der Waals surface area contributed by atoms with E-state index in [0.29, 0.717) is 47.6 Å². The standard InChI is InChI=1S/C24H33N7O4/c25-21-20-22(31(13-26-20)19-8-6-17(35-19)23(32)27-15-2-3-15)29-18(28-21)7-1-14-9-11-30(12-10-14)24(33)34-16-4-5-16/h13-17,19H,1-12H2,(H,27,32)(H2,25,28,29)/t17-,19+/m0/s1. The number of likely N-dealkylation sites (tertiary alicyclic amines) is 1. The van der Waals surface area contributed by atoms with Gasteiger partial charge in [-0.1, -0.05) is 0 Å². The molecule has 2 saturated heterocycles. The van der Waals surface area contributed by atoms with E-state index in [1.165, 1.54) is 0 Å². The van der Waals surface area contributed by atoms with Crippen molar-refractivity contribution in [3.05, 3.63) is 12.2 Å². The van der Waals surface area contributed by atoms with Gasteiger partial charge in [0.15, 0.2) is 11.5 Å². The minimum Gasteiger partial charge on any atom is -0.446 e. The molecule has 4 heterocycles. The number of amides is 2. The number of nitrogens with one attached hydrogen (secondary N) is 1. The number of imidazole rings is 1. The third-order valence-corrected chi connectivity index (χ3v) is 7.46. The average Bonchev–Trinajstić information content (AvgIpc) is 3.75. The van der Waals surface area contributed by atoms with Crippen LogP contribution < -0.4 is 11.1 Å². The Labute approximate surface area is 203 Å². The lowest BCUT2D eigenvalue weighted by atomic mass is 9.92. The molecule has 4 aliphatic rings. The predicted octanol–water partition coefficient (Wildman–Crippen LogP) is 2.31. The SMILES string of the molecule is Nc1nc(CCC2CCN(C(=O)OC3CC3)CC2)nc2c1ncn2[C@H]1CC[C@@H](C(=O)NC2CC2)O1. The second kappa shape index (κ2) is 9.25. The summed E-state index contributed by atoms with van der Waals surface area (Å²) >= 11 is 0. The van der Waals surface area contributed by atoms with E-state index in [-0.39, 0.29) is 24.3 Å². The van der Waals surface area contributed by atoms with Gasteiger partial charge in [-0.3, -0.25) is 9.36 Å². The number of carbonyl (C=O) groups is 2. The summed E-state index contributed by atoms with van der Waals surface area (Å²) < 4.78 is 13.4. The van der Waals surface area contributed by atoms with Crippen LogP contribution in [0.4, 0.5) is 10.6 Å². The molecule has 6 rings (SSSR count). The highest BCUT2D eigenvalue weighted by Crippen LogP contribution is 2.32. The Morgan fingerprint density at radius 2 is 1.89 bits per heavy atom. The van der Waals surface area contributed by atoms with Gasteiger partial charge in [0.05, 0.1) is 6.33 Å². The lowest BCUT2D eigenvalue weighted by Crippen LogP contribution is -2.39. The Balaban J connectivity index is 1.06. The summed E-state index contributed by atoms with van der Waals surface area (Å²) in [5.41, 5.74) is 7.43. The molecular formula is C24H33N7O4. The van der Waals surface area contributed by atoms with E-state index in [9.17, 15) is 9.59 Å². The minimum atomic E-state index is -0.441. The molecule has 11 heteroatoms. The van der Waals surface area contributed by atoms with Gasteiger partial charge in [0.1, 0.15) is 29.8 Å². The number of nitrogen functional groups attached to an aromatic ring is 1. The fraction of sp³-hybridized carbons (Fsp3) is 0.708. The first-order valence-corrected chi connectivity index (χ1v) is 12.9. The van der Waals surface area contributed by atoms with Gasteiger partial charge >= 0.3 is 6.09 Å². The number of aromatic nitrogens is 4. The third kappa shape index (κ3) is 5.05. The Morgan fingerprint density at radius 1 is 1.09 bits per heavy atom. The molecule has 0 unspecified atom stereocenters. The monoisotopic (exact) mass is 483 g/mol. The van der Waals surface area contributed by atoms with Crippen LogP contribution in [0.25, 0.3) is 11.2 Å². The van der Waals surface area contributed by atoms with Crippen molar-refractivity contribution in [2.24, 2.45) is 5.92 Å². The Kier molecular flexibility index (Phi) is 5.95. The summed E-state index contributed by atoms with van der Waals surface area (Å²) in [6.07, 6.45) is 9.97. The van der Waals surface area contributed by atoms with Crippen molar-refractivity contribution in [2.75, 3.05) is 18.8 Å². The van der Waals surface area contributed by atoms with Gasteiger partial charge in [0.25, 0.3) is 0 Å². The second-order valence-corrected chi connectivity index (χ2v) is 10.3. The number of anilines is 1. The molecule has 188 valence electrons. The Hall–Kier alpha value is -2.95. The van der Waals surface area contributed by atoms with Crippen LogP contribution in [0.5, 0.6) is 0 Å². The smallest absolute Gasteiger partial charge is 0.410 e. The van der Waals surface area contributed by atoms with Crippen molar-refractivity contribution in [2.45, 2.75) is 88.7 Å². The van der Waals surface area contributed by atoms with E-state index >= 15 is 0 Å². The zero-order valence-electron chi connectivity index (χ0n) is 19.9. The number of ether oxygens (including phenoxy) is 2. The lowest BCUT2D eigenvalue weighted by Gasteiger charge is -2.31. The first-order chi connectivity index (χ1) is 17.0. The van der Waals surface area contributed by atoms with E-state index in [1.807, 2.05) is 9.47 Å². The van der Waals surface area contributed by atoms with Crippen molar-refractivity contribution in [3.8, 4) is 0 Å². The topological polar surface area (TPSA) is 137 Å². The summed E-state index contributed by atoms with van der Waals surface area (Å²) in [4.78, 5) is 40.1. The minimum absolute atomic E-state index is 0.0268. The molecule has 11 nitrogen and oxygen atoms in total. The van der Waals surface area contributed by atoms with Crippen LogP contribution >= 0.6 is 0 Å². The summed E-state index contributed by atoms with van der Waals surface area (Å²) in [6, 6.07) is 0.318. The van der Waals surface area contributed by atoms with E-state index in [0.717, 1.165) is 64.5 Å². The maximum absolute atomic E-state index is 12.4. The lowest BCUT2D eigenvalue weighted by molar-refractivity contribution is -0.134. The molecule has 2 aliphatic carbocycles. The molecule has 2 atom stereocenters. The third-order valence-electron chi connectivity index (χ3n) is 7.46. The predicted molar refractivity (Wildman–Crippen MR) is 126 cm³/mol. The summed E-state index contributed by atoms with van der Waals surface area (Å²) in [7, 11) is 0. The highest BCUT2D eigenvalue weighted by molar-refractivity contribution is 5.82. The van der Waals surface area contributed by atoms with Crippen molar-refractivity contribution in [1.29, 1.82) is 0 Å². The number of nitrogens with zero attached hydrogens (tertiary/aromatic N) is 5. The van der Waals surface area contributed by atoms with Crippen LogP contribution in [0.1, 0.15) is 69.8 Å². The molecule has 35 heavy (non-hydrogen) atoms. The van der Waals surface area contributed by atoms with E-state index in [1.54, 1.807) is 6.33 Å². The molecule has 0 aromatic carbocycles. The van der Waals surface area contributed by atoms with Gasteiger partial charge in [-0.05, 0) is 63.7 Å². The van der Waals surface area contributed by atoms with Crippen LogP contribution in [0.3, 0.4) is 0 Å². The molecule has 3 N–H and O–H groups in total. The van der Waals surface area contributed by atoms with Gasteiger partial charge in [-0.25, -0.2) is 19.7 Å². The van der Waals surface area contributed by atoms with Gasteiger partial charge in [-0.2, -0.15) is 0 Å². The number of nitrogens with two attached hydrogens (primary N) is 1. The van der Waals surface area contributed by atoms with Gasteiger partial charge in [0.2, 0.25) is 5.91 Å². The highest BCUT2D eigenvalue weighted by Gasteiger charge is 2.35. The molecule has 2 amide bonds. The number of piperidine rings is 1. The van der Waals surface area contributed by atoms with Crippen molar-refractivity contribution < 1.29 is 19.1 Å². The van der Waals surface area contributed by atoms with Gasteiger partial charge in [-0.15, -0.1) is 0 Å². The Bertz CT molecular complexity index is 1100. The average molecular weight is 484 g/mol. The summed E-state index contributed by atoms with van der Waals surface area (Å²) in [5.74, 6) is 1.53. The molecular weight excluding hydrogens is 450 g/mol. The maximum atomic E-state index is 12.4. The fourth-order valence-corrected chi connectivity index (χ4v) is 4.99.